The number of nitrogens with one attached hydrogen (secondary N) is 1. The fourth-order valence-corrected chi connectivity index (χ4v) is 3.27. The summed E-state index contributed by atoms with van der Waals surface area (Å²) in [6.07, 6.45) is 5.10. The van der Waals surface area contributed by atoms with Gasteiger partial charge < -0.3 is 10.2 Å². The largest absolute Gasteiger partial charge is 0.311 e. The van der Waals surface area contributed by atoms with Crippen molar-refractivity contribution in [2.24, 2.45) is 0 Å². The number of hydrogen-bond donors (Lipinski definition) is 1. The van der Waals surface area contributed by atoms with E-state index in [-0.39, 0.29) is 0 Å². The second kappa shape index (κ2) is 7.80. The van der Waals surface area contributed by atoms with E-state index in [9.17, 15) is 0 Å². The van der Waals surface area contributed by atoms with Crippen LogP contribution in [0.1, 0.15) is 44.2 Å². The molecule has 0 saturated carbocycles. The maximum absolute atomic E-state index is 3.85. The lowest BCUT2D eigenvalue weighted by molar-refractivity contribution is 0.295. The summed E-state index contributed by atoms with van der Waals surface area (Å²) >= 11 is 0. The van der Waals surface area contributed by atoms with Gasteiger partial charge in [-0.15, -0.1) is 0 Å². The SMILES string of the molecule is CCN1CCCC(NC(C)Cc2ccccc2C)CC1. The molecule has 1 aliphatic rings. The Morgan fingerprint density at radius 2 is 2.05 bits per heavy atom. The van der Waals surface area contributed by atoms with Crippen LogP contribution in [0.2, 0.25) is 0 Å². The Bertz CT molecular complexity index is 402. The van der Waals surface area contributed by atoms with Gasteiger partial charge in [0.15, 0.2) is 0 Å². The smallest absolute Gasteiger partial charge is 0.00823 e. The van der Waals surface area contributed by atoms with Crippen molar-refractivity contribution in [1.82, 2.24) is 10.2 Å². The molecule has 112 valence electrons. The summed E-state index contributed by atoms with van der Waals surface area (Å²) in [6, 6.07) is 10.0. The Morgan fingerprint density at radius 1 is 1.25 bits per heavy atom. The molecule has 2 rings (SSSR count). The Morgan fingerprint density at radius 3 is 2.80 bits per heavy atom. The van der Waals surface area contributed by atoms with Crippen molar-refractivity contribution in [3.05, 3.63) is 35.4 Å². The van der Waals surface area contributed by atoms with Crippen molar-refractivity contribution in [3.8, 4) is 0 Å². The molecule has 0 bridgehead atoms. The van der Waals surface area contributed by atoms with Gasteiger partial charge in [-0.25, -0.2) is 0 Å². The average molecular weight is 274 g/mol. The van der Waals surface area contributed by atoms with E-state index in [1.807, 2.05) is 0 Å². The molecule has 1 aliphatic heterocycles. The topological polar surface area (TPSA) is 15.3 Å². The fourth-order valence-electron chi connectivity index (χ4n) is 3.27. The van der Waals surface area contributed by atoms with Crippen LogP contribution in [0, 0.1) is 6.92 Å². The van der Waals surface area contributed by atoms with Gasteiger partial charge in [0, 0.05) is 12.1 Å². The van der Waals surface area contributed by atoms with Gasteiger partial charge in [-0.3, -0.25) is 0 Å². The summed E-state index contributed by atoms with van der Waals surface area (Å²) in [5.74, 6) is 0. The molecular weight excluding hydrogens is 244 g/mol. The third kappa shape index (κ3) is 4.60. The van der Waals surface area contributed by atoms with Crippen LogP contribution in [-0.4, -0.2) is 36.6 Å². The van der Waals surface area contributed by atoms with E-state index in [1.165, 1.54) is 50.0 Å². The highest BCUT2D eigenvalue weighted by Gasteiger charge is 2.17. The second-order valence-corrected chi connectivity index (χ2v) is 6.26. The van der Waals surface area contributed by atoms with Crippen LogP contribution in [-0.2, 0) is 6.42 Å². The molecule has 0 aliphatic carbocycles. The van der Waals surface area contributed by atoms with Crippen molar-refractivity contribution >= 4 is 0 Å². The summed E-state index contributed by atoms with van der Waals surface area (Å²) in [7, 11) is 0. The predicted molar refractivity (Wildman–Crippen MR) is 87.2 cm³/mol. The summed E-state index contributed by atoms with van der Waals surface area (Å²) in [6.45, 7) is 10.5. The molecule has 0 aromatic heterocycles. The first-order chi connectivity index (χ1) is 9.69. The molecule has 0 spiro atoms. The van der Waals surface area contributed by atoms with Crippen LogP contribution < -0.4 is 5.32 Å². The Kier molecular flexibility index (Phi) is 6.06. The average Bonchev–Trinajstić information content (AvgIpc) is 2.66. The number of aryl methyl sites for hydroxylation is 1. The number of rotatable bonds is 5. The Hall–Kier alpha value is -0.860. The van der Waals surface area contributed by atoms with E-state index >= 15 is 0 Å². The van der Waals surface area contributed by atoms with Gasteiger partial charge >= 0.3 is 0 Å². The zero-order chi connectivity index (χ0) is 14.4. The Balaban J connectivity index is 1.82. The molecule has 0 radical (unpaired) electrons. The third-order valence-corrected chi connectivity index (χ3v) is 4.58. The molecular formula is C18H30N2. The van der Waals surface area contributed by atoms with Gasteiger partial charge in [-0.05, 0) is 70.3 Å². The van der Waals surface area contributed by atoms with Crippen LogP contribution in [0.3, 0.4) is 0 Å². The lowest BCUT2D eigenvalue weighted by Gasteiger charge is -2.23. The highest BCUT2D eigenvalue weighted by molar-refractivity contribution is 5.26. The van der Waals surface area contributed by atoms with Crippen LogP contribution in [0.4, 0.5) is 0 Å². The lowest BCUT2D eigenvalue weighted by Crippen LogP contribution is -2.38. The molecule has 20 heavy (non-hydrogen) atoms. The second-order valence-electron chi connectivity index (χ2n) is 6.26. The van der Waals surface area contributed by atoms with Gasteiger partial charge in [0.05, 0.1) is 0 Å². The van der Waals surface area contributed by atoms with E-state index in [4.69, 9.17) is 0 Å². The summed E-state index contributed by atoms with van der Waals surface area (Å²) < 4.78 is 0. The van der Waals surface area contributed by atoms with Crippen LogP contribution >= 0.6 is 0 Å². The van der Waals surface area contributed by atoms with Gasteiger partial charge in [0.2, 0.25) is 0 Å². The fraction of sp³-hybridized carbons (Fsp3) is 0.667. The standard InChI is InChI=1S/C18H30N2/c1-4-20-12-7-10-18(11-13-20)19-16(3)14-17-9-6-5-8-15(17)2/h5-6,8-9,16,18-19H,4,7,10-14H2,1-3H3. The maximum atomic E-state index is 3.85. The molecule has 0 amide bonds. The van der Waals surface area contributed by atoms with E-state index in [0.29, 0.717) is 12.1 Å². The molecule has 1 aromatic rings. The monoisotopic (exact) mass is 274 g/mol. The number of likely N-dealkylation sites (tertiary alicyclic amines) is 1. The third-order valence-electron chi connectivity index (χ3n) is 4.58. The van der Waals surface area contributed by atoms with Crippen LogP contribution in [0.25, 0.3) is 0 Å². The highest BCUT2D eigenvalue weighted by Crippen LogP contribution is 2.14. The maximum Gasteiger partial charge on any atom is 0.00823 e. The first-order valence-electron chi connectivity index (χ1n) is 8.22. The van der Waals surface area contributed by atoms with Crippen LogP contribution in [0.5, 0.6) is 0 Å². The van der Waals surface area contributed by atoms with Gasteiger partial charge in [0.25, 0.3) is 0 Å². The molecule has 1 saturated heterocycles. The van der Waals surface area contributed by atoms with Crippen LogP contribution in [0.15, 0.2) is 24.3 Å². The summed E-state index contributed by atoms with van der Waals surface area (Å²) in [4.78, 5) is 2.58. The molecule has 2 unspecified atom stereocenters. The van der Waals surface area contributed by atoms with Crippen molar-refractivity contribution < 1.29 is 0 Å². The summed E-state index contributed by atoms with van der Waals surface area (Å²) in [5, 5.41) is 3.85. The van der Waals surface area contributed by atoms with Gasteiger partial charge in [-0.1, -0.05) is 31.2 Å². The van der Waals surface area contributed by atoms with Crippen molar-refractivity contribution in [1.29, 1.82) is 0 Å². The zero-order valence-corrected chi connectivity index (χ0v) is 13.4. The molecule has 2 heteroatoms. The molecule has 2 atom stereocenters. The molecule has 2 nitrogen and oxygen atoms in total. The number of hydrogen-bond acceptors (Lipinski definition) is 2. The van der Waals surface area contributed by atoms with E-state index in [1.54, 1.807) is 0 Å². The van der Waals surface area contributed by atoms with Gasteiger partial charge in [0.1, 0.15) is 0 Å². The van der Waals surface area contributed by atoms with Gasteiger partial charge in [-0.2, -0.15) is 0 Å². The summed E-state index contributed by atoms with van der Waals surface area (Å²) in [5.41, 5.74) is 2.90. The number of benzene rings is 1. The predicted octanol–water partition coefficient (Wildman–Crippen LogP) is 3.39. The highest BCUT2D eigenvalue weighted by atomic mass is 15.1. The number of nitrogens with zero attached hydrogens (tertiary/aromatic N) is 1. The van der Waals surface area contributed by atoms with E-state index in [2.05, 4.69) is 55.3 Å². The Labute approximate surface area is 124 Å². The minimum atomic E-state index is 0.564. The zero-order valence-electron chi connectivity index (χ0n) is 13.4. The lowest BCUT2D eigenvalue weighted by atomic mass is 10.0. The quantitative estimate of drug-likeness (QED) is 0.885. The van der Waals surface area contributed by atoms with Crippen molar-refractivity contribution in [3.63, 3.8) is 0 Å². The van der Waals surface area contributed by atoms with E-state index < -0.39 is 0 Å². The normalized spacial score (nSPS) is 22.4. The molecule has 1 N–H and O–H groups in total. The minimum absolute atomic E-state index is 0.564. The minimum Gasteiger partial charge on any atom is -0.311 e. The molecule has 1 heterocycles. The first kappa shape index (κ1) is 15.5. The first-order valence-corrected chi connectivity index (χ1v) is 8.22. The van der Waals surface area contributed by atoms with Crippen molar-refractivity contribution in [2.75, 3.05) is 19.6 Å². The molecule has 1 fully saturated rings. The molecule has 1 aromatic carbocycles. The van der Waals surface area contributed by atoms with Crippen molar-refractivity contribution in [2.45, 2.75) is 58.5 Å². The van der Waals surface area contributed by atoms with E-state index in [0.717, 1.165) is 6.42 Å².